The smallest absolute Gasteiger partial charge is 0.302 e. The Balaban J connectivity index is 2.60. The number of rotatable bonds is 4. The van der Waals surface area contributed by atoms with E-state index >= 15 is 0 Å². The molecule has 0 saturated heterocycles. The predicted octanol–water partition coefficient (Wildman–Crippen LogP) is 2.33. The molecule has 1 rings (SSSR count). The predicted molar refractivity (Wildman–Crippen MR) is 57.4 cm³/mol. The molecule has 1 aliphatic carbocycles. The van der Waals surface area contributed by atoms with Gasteiger partial charge < -0.3 is 9.53 Å². The number of esters is 1. The molecule has 0 bridgehead atoms. The van der Waals surface area contributed by atoms with E-state index in [9.17, 15) is 9.59 Å². The van der Waals surface area contributed by atoms with Crippen molar-refractivity contribution in [3.8, 4) is 0 Å². The average Bonchev–Trinajstić information content (AvgIpc) is 2.26. The lowest BCUT2D eigenvalue weighted by Crippen LogP contribution is -2.34. The van der Waals surface area contributed by atoms with Gasteiger partial charge in [-0.05, 0) is 18.8 Å². The Labute approximate surface area is 91.2 Å². The van der Waals surface area contributed by atoms with Crippen molar-refractivity contribution >= 4 is 12.3 Å². The molecule has 1 fully saturated rings. The highest BCUT2D eigenvalue weighted by atomic mass is 16.5. The van der Waals surface area contributed by atoms with E-state index in [1.165, 1.54) is 26.2 Å². The highest BCUT2D eigenvalue weighted by molar-refractivity contribution is 5.67. The van der Waals surface area contributed by atoms with Gasteiger partial charge in [-0.2, -0.15) is 0 Å². The van der Waals surface area contributed by atoms with Gasteiger partial charge in [-0.15, -0.1) is 0 Å². The van der Waals surface area contributed by atoms with Crippen LogP contribution in [0.1, 0.15) is 46.0 Å². The standard InChI is InChI=1S/C12H20O3/c1-9(8-13)12(15-10(2)14)11-6-4-3-5-7-11/h8-9,11-12H,3-7H2,1-2H3. The Kier molecular flexibility index (Phi) is 4.79. The summed E-state index contributed by atoms with van der Waals surface area (Å²) in [6, 6.07) is 0. The molecule has 3 nitrogen and oxygen atoms in total. The van der Waals surface area contributed by atoms with Crippen molar-refractivity contribution in [1.82, 2.24) is 0 Å². The van der Waals surface area contributed by atoms with Crippen LogP contribution in [0, 0.1) is 11.8 Å². The first-order chi connectivity index (χ1) is 7.15. The van der Waals surface area contributed by atoms with Crippen LogP contribution in [-0.4, -0.2) is 18.4 Å². The van der Waals surface area contributed by atoms with Crippen molar-refractivity contribution in [2.75, 3.05) is 0 Å². The van der Waals surface area contributed by atoms with Crippen molar-refractivity contribution in [2.45, 2.75) is 52.1 Å². The second-order valence-electron chi connectivity index (χ2n) is 4.47. The number of carbonyl (C=O) groups is 2. The Morgan fingerprint density at radius 2 is 1.93 bits per heavy atom. The zero-order valence-corrected chi connectivity index (χ0v) is 9.57. The van der Waals surface area contributed by atoms with Crippen molar-refractivity contribution in [1.29, 1.82) is 0 Å². The fourth-order valence-corrected chi connectivity index (χ4v) is 2.36. The number of hydrogen-bond acceptors (Lipinski definition) is 3. The van der Waals surface area contributed by atoms with Gasteiger partial charge in [0.1, 0.15) is 12.4 Å². The fraction of sp³-hybridized carbons (Fsp3) is 0.833. The third-order valence-corrected chi connectivity index (χ3v) is 3.15. The molecule has 0 aromatic carbocycles. The van der Waals surface area contributed by atoms with E-state index in [-0.39, 0.29) is 18.0 Å². The van der Waals surface area contributed by atoms with Crippen molar-refractivity contribution in [2.24, 2.45) is 11.8 Å². The maximum atomic E-state index is 11.0. The Bertz CT molecular complexity index is 219. The largest absolute Gasteiger partial charge is 0.462 e. The molecule has 3 heteroatoms. The zero-order chi connectivity index (χ0) is 11.3. The van der Waals surface area contributed by atoms with E-state index in [1.807, 2.05) is 6.92 Å². The Morgan fingerprint density at radius 3 is 2.40 bits per heavy atom. The number of ether oxygens (including phenoxy) is 1. The molecule has 0 spiro atoms. The summed E-state index contributed by atoms with van der Waals surface area (Å²) in [5.41, 5.74) is 0. The normalized spacial score (nSPS) is 21.7. The SMILES string of the molecule is CC(=O)OC(C(C)C=O)C1CCCCC1. The van der Waals surface area contributed by atoms with Crippen LogP contribution in [0.15, 0.2) is 0 Å². The van der Waals surface area contributed by atoms with Gasteiger partial charge in [-0.3, -0.25) is 4.79 Å². The third-order valence-electron chi connectivity index (χ3n) is 3.15. The molecule has 0 heterocycles. The first-order valence-electron chi connectivity index (χ1n) is 5.77. The zero-order valence-electron chi connectivity index (χ0n) is 9.57. The van der Waals surface area contributed by atoms with Crippen LogP contribution >= 0.6 is 0 Å². The topological polar surface area (TPSA) is 43.4 Å². The quantitative estimate of drug-likeness (QED) is 0.530. The lowest BCUT2D eigenvalue weighted by molar-refractivity contribution is -0.153. The fourth-order valence-electron chi connectivity index (χ4n) is 2.36. The van der Waals surface area contributed by atoms with Gasteiger partial charge in [0.15, 0.2) is 0 Å². The molecule has 1 saturated carbocycles. The lowest BCUT2D eigenvalue weighted by atomic mass is 9.81. The maximum absolute atomic E-state index is 11.0. The van der Waals surface area contributed by atoms with Gasteiger partial charge in [-0.1, -0.05) is 26.2 Å². The first-order valence-corrected chi connectivity index (χ1v) is 5.77. The minimum absolute atomic E-state index is 0.183. The summed E-state index contributed by atoms with van der Waals surface area (Å²) in [7, 11) is 0. The monoisotopic (exact) mass is 212 g/mol. The molecule has 86 valence electrons. The van der Waals surface area contributed by atoms with Gasteiger partial charge >= 0.3 is 5.97 Å². The van der Waals surface area contributed by atoms with E-state index in [0.717, 1.165) is 19.1 Å². The number of hydrogen-bond donors (Lipinski definition) is 0. The molecule has 1 aliphatic rings. The maximum Gasteiger partial charge on any atom is 0.302 e. The summed E-state index contributed by atoms with van der Waals surface area (Å²) >= 11 is 0. The number of carbonyl (C=O) groups excluding carboxylic acids is 2. The van der Waals surface area contributed by atoms with Crippen LogP contribution in [0.2, 0.25) is 0 Å². The molecule has 0 radical (unpaired) electrons. The van der Waals surface area contributed by atoms with Crippen molar-refractivity contribution in [3.05, 3.63) is 0 Å². The molecule has 2 unspecified atom stereocenters. The molecule has 15 heavy (non-hydrogen) atoms. The van der Waals surface area contributed by atoms with Crippen molar-refractivity contribution < 1.29 is 14.3 Å². The summed E-state index contributed by atoms with van der Waals surface area (Å²) < 4.78 is 5.27. The van der Waals surface area contributed by atoms with Crippen LogP contribution in [0.5, 0.6) is 0 Å². The Morgan fingerprint density at radius 1 is 1.33 bits per heavy atom. The van der Waals surface area contributed by atoms with E-state index in [0.29, 0.717) is 5.92 Å². The molecule has 0 aromatic heterocycles. The van der Waals surface area contributed by atoms with Crippen LogP contribution < -0.4 is 0 Å². The van der Waals surface area contributed by atoms with Gasteiger partial charge in [0, 0.05) is 12.8 Å². The Hall–Kier alpha value is -0.860. The molecular formula is C12H20O3. The summed E-state index contributed by atoms with van der Waals surface area (Å²) in [4.78, 5) is 21.8. The second kappa shape index (κ2) is 5.89. The highest BCUT2D eigenvalue weighted by Crippen LogP contribution is 2.30. The minimum atomic E-state index is -0.278. The number of aldehydes is 1. The van der Waals surface area contributed by atoms with Crippen LogP contribution in [0.25, 0.3) is 0 Å². The second-order valence-corrected chi connectivity index (χ2v) is 4.47. The third kappa shape index (κ3) is 3.65. The van der Waals surface area contributed by atoms with Gasteiger partial charge in [0.2, 0.25) is 0 Å². The molecular weight excluding hydrogens is 192 g/mol. The summed E-state index contributed by atoms with van der Waals surface area (Å²) in [6.07, 6.45) is 6.48. The van der Waals surface area contributed by atoms with E-state index in [4.69, 9.17) is 4.74 Å². The van der Waals surface area contributed by atoms with Crippen LogP contribution in [0.4, 0.5) is 0 Å². The minimum Gasteiger partial charge on any atom is -0.462 e. The van der Waals surface area contributed by atoms with Gasteiger partial charge in [0.05, 0.1) is 0 Å². The molecule has 0 amide bonds. The molecule has 2 atom stereocenters. The van der Waals surface area contributed by atoms with E-state index in [1.54, 1.807) is 0 Å². The molecule has 0 aliphatic heterocycles. The van der Waals surface area contributed by atoms with Crippen LogP contribution in [-0.2, 0) is 14.3 Å². The average molecular weight is 212 g/mol. The molecule has 0 aromatic rings. The summed E-state index contributed by atoms with van der Waals surface area (Å²) in [5, 5.41) is 0. The van der Waals surface area contributed by atoms with Crippen molar-refractivity contribution in [3.63, 3.8) is 0 Å². The van der Waals surface area contributed by atoms with E-state index in [2.05, 4.69) is 0 Å². The first kappa shape index (κ1) is 12.2. The van der Waals surface area contributed by atoms with Gasteiger partial charge in [-0.25, -0.2) is 0 Å². The lowest BCUT2D eigenvalue weighted by Gasteiger charge is -2.31. The van der Waals surface area contributed by atoms with E-state index < -0.39 is 0 Å². The summed E-state index contributed by atoms with van der Waals surface area (Å²) in [6.45, 7) is 3.24. The summed E-state index contributed by atoms with van der Waals surface area (Å²) in [5.74, 6) is -0.0841. The van der Waals surface area contributed by atoms with Crippen LogP contribution in [0.3, 0.4) is 0 Å². The molecule has 0 N–H and O–H groups in total. The highest BCUT2D eigenvalue weighted by Gasteiger charge is 2.30. The van der Waals surface area contributed by atoms with Gasteiger partial charge in [0.25, 0.3) is 0 Å².